The quantitative estimate of drug-likeness (QED) is 0.805. The van der Waals surface area contributed by atoms with Crippen molar-refractivity contribution in [2.75, 3.05) is 13.1 Å². The highest BCUT2D eigenvalue weighted by Crippen LogP contribution is 2.30. The van der Waals surface area contributed by atoms with Crippen molar-refractivity contribution in [3.8, 4) is 0 Å². The molecule has 0 saturated carbocycles. The van der Waals surface area contributed by atoms with Gasteiger partial charge in [0.05, 0.1) is 6.54 Å². The Labute approximate surface area is 124 Å². The van der Waals surface area contributed by atoms with E-state index in [1.54, 1.807) is 13.8 Å². The van der Waals surface area contributed by atoms with Crippen LogP contribution in [0.3, 0.4) is 0 Å². The number of carbonyl (C=O) groups is 3. The molecule has 0 aliphatic rings. The highest BCUT2D eigenvalue weighted by Gasteiger charge is 2.36. The lowest BCUT2D eigenvalue weighted by molar-refractivity contribution is -0.153. The first-order chi connectivity index (χ1) is 10.1. The summed E-state index contributed by atoms with van der Waals surface area (Å²) in [4.78, 5) is 35.0. The van der Waals surface area contributed by atoms with Crippen LogP contribution in [0.5, 0.6) is 0 Å². The van der Waals surface area contributed by atoms with E-state index in [9.17, 15) is 27.6 Å². The second-order valence-corrected chi connectivity index (χ2v) is 4.74. The number of hydrogen-bond donors (Lipinski definition) is 1. The second kappa shape index (κ2) is 7.10. The number of hydrogen-bond acceptors (Lipinski definition) is 4. The van der Waals surface area contributed by atoms with Gasteiger partial charge in [-0.05, 0) is 26.0 Å². The van der Waals surface area contributed by atoms with Gasteiger partial charge in [-0.25, -0.2) is 0 Å². The van der Waals surface area contributed by atoms with Crippen molar-refractivity contribution >= 4 is 18.1 Å². The van der Waals surface area contributed by atoms with Gasteiger partial charge < -0.3 is 19.4 Å². The van der Waals surface area contributed by atoms with Crippen LogP contribution >= 0.6 is 0 Å². The third-order valence-electron chi connectivity index (χ3n) is 2.46. The molecular weight excluding hydrogens is 305 g/mol. The third-order valence-corrected chi connectivity index (χ3v) is 2.46. The molecule has 0 aliphatic carbocycles. The maximum absolute atomic E-state index is 12.4. The lowest BCUT2D eigenvalue weighted by atomic mass is 10.3. The minimum absolute atomic E-state index is 0.180. The van der Waals surface area contributed by atoms with Gasteiger partial charge in [-0.3, -0.25) is 9.59 Å². The van der Waals surface area contributed by atoms with Gasteiger partial charge in [0.25, 0.3) is 5.91 Å². The predicted octanol–water partition coefficient (Wildman–Crippen LogP) is 1.46. The third kappa shape index (κ3) is 4.90. The first-order valence-electron chi connectivity index (χ1n) is 6.34. The predicted molar refractivity (Wildman–Crippen MR) is 69.0 cm³/mol. The Bertz CT molecular complexity index is 552. The van der Waals surface area contributed by atoms with Crippen LogP contribution in [0.2, 0.25) is 0 Å². The van der Waals surface area contributed by atoms with Crippen molar-refractivity contribution in [3.63, 3.8) is 0 Å². The van der Waals surface area contributed by atoms with Gasteiger partial charge in [0.1, 0.15) is 12.8 Å². The fraction of sp³-hybridized carbons (Fsp3) is 0.462. The van der Waals surface area contributed by atoms with Crippen molar-refractivity contribution in [3.05, 3.63) is 23.7 Å². The van der Waals surface area contributed by atoms with Gasteiger partial charge in [0.15, 0.2) is 5.76 Å². The summed E-state index contributed by atoms with van der Waals surface area (Å²) in [6, 6.07) is 1.28. The van der Waals surface area contributed by atoms with Crippen LogP contribution in [0, 0.1) is 0 Å². The summed E-state index contributed by atoms with van der Waals surface area (Å²) in [6.45, 7) is 2.50. The van der Waals surface area contributed by atoms with Gasteiger partial charge in [-0.2, -0.15) is 13.2 Å². The lowest BCUT2D eigenvalue weighted by Gasteiger charge is -2.19. The number of alkyl halides is 3. The molecule has 22 heavy (non-hydrogen) atoms. The summed E-state index contributed by atoms with van der Waals surface area (Å²) in [5.41, 5.74) is 0. The average molecular weight is 320 g/mol. The first-order valence-corrected chi connectivity index (χ1v) is 6.34. The van der Waals surface area contributed by atoms with Crippen LogP contribution in [0.1, 0.15) is 30.2 Å². The second-order valence-electron chi connectivity index (χ2n) is 4.74. The molecule has 0 saturated heterocycles. The summed E-state index contributed by atoms with van der Waals surface area (Å²) in [7, 11) is 0. The molecule has 0 fully saturated rings. The van der Waals surface area contributed by atoms with E-state index in [0.717, 1.165) is 11.0 Å². The topological polar surface area (TPSA) is 79.6 Å². The minimum Gasteiger partial charge on any atom is -0.446 e. The minimum atomic E-state index is -4.72. The molecule has 0 aromatic carbocycles. The summed E-state index contributed by atoms with van der Waals surface area (Å²) >= 11 is 0. The Kier molecular flexibility index (Phi) is 5.72. The SMILES string of the molecule is CC(C)NC(=O)CN(CC=O)C(=O)c1ccc(C(F)(F)F)o1. The van der Waals surface area contributed by atoms with Crippen LogP contribution in [-0.2, 0) is 15.8 Å². The number of furan rings is 1. The number of aldehydes is 1. The van der Waals surface area contributed by atoms with E-state index >= 15 is 0 Å². The van der Waals surface area contributed by atoms with Gasteiger partial charge in [-0.1, -0.05) is 0 Å². The zero-order valence-electron chi connectivity index (χ0n) is 11.9. The van der Waals surface area contributed by atoms with Crippen LogP contribution in [0.15, 0.2) is 16.5 Å². The van der Waals surface area contributed by atoms with Crippen molar-refractivity contribution in [1.82, 2.24) is 10.2 Å². The molecule has 1 heterocycles. The van der Waals surface area contributed by atoms with E-state index in [4.69, 9.17) is 0 Å². The zero-order valence-corrected chi connectivity index (χ0v) is 11.9. The largest absolute Gasteiger partial charge is 0.449 e. The molecule has 122 valence electrons. The maximum atomic E-state index is 12.4. The molecule has 2 amide bonds. The van der Waals surface area contributed by atoms with E-state index < -0.39 is 42.6 Å². The van der Waals surface area contributed by atoms with E-state index in [1.165, 1.54) is 0 Å². The number of nitrogens with one attached hydrogen (secondary N) is 1. The Morgan fingerprint density at radius 2 is 2.00 bits per heavy atom. The molecule has 1 aromatic rings. The normalized spacial score (nSPS) is 11.4. The molecule has 9 heteroatoms. The number of amides is 2. The number of rotatable bonds is 6. The molecule has 6 nitrogen and oxygen atoms in total. The molecular formula is C13H15F3N2O4. The van der Waals surface area contributed by atoms with Gasteiger partial charge in [0, 0.05) is 6.04 Å². The van der Waals surface area contributed by atoms with Crippen molar-refractivity contribution in [2.45, 2.75) is 26.1 Å². The van der Waals surface area contributed by atoms with Crippen molar-refractivity contribution in [1.29, 1.82) is 0 Å². The lowest BCUT2D eigenvalue weighted by Crippen LogP contribution is -2.43. The number of nitrogens with zero attached hydrogens (tertiary/aromatic N) is 1. The van der Waals surface area contributed by atoms with E-state index in [2.05, 4.69) is 9.73 Å². The molecule has 1 rings (SSSR count). The van der Waals surface area contributed by atoms with Gasteiger partial charge >= 0.3 is 6.18 Å². The fourth-order valence-corrected chi connectivity index (χ4v) is 1.61. The van der Waals surface area contributed by atoms with Crippen LogP contribution in [0.4, 0.5) is 13.2 Å². The smallest absolute Gasteiger partial charge is 0.446 e. The maximum Gasteiger partial charge on any atom is 0.449 e. The summed E-state index contributed by atoms with van der Waals surface area (Å²) < 4.78 is 41.7. The zero-order chi connectivity index (χ0) is 16.9. The fourth-order valence-electron chi connectivity index (χ4n) is 1.61. The summed E-state index contributed by atoms with van der Waals surface area (Å²) in [6.07, 6.45) is -4.35. The highest BCUT2D eigenvalue weighted by molar-refractivity contribution is 5.95. The van der Waals surface area contributed by atoms with E-state index in [1.807, 2.05) is 0 Å². The number of carbonyl (C=O) groups excluding carboxylic acids is 3. The summed E-state index contributed by atoms with van der Waals surface area (Å²) in [5, 5.41) is 2.51. The molecule has 0 radical (unpaired) electrons. The van der Waals surface area contributed by atoms with Crippen molar-refractivity contribution in [2.24, 2.45) is 0 Å². The molecule has 0 atom stereocenters. The van der Waals surface area contributed by atoms with Crippen LogP contribution in [0.25, 0.3) is 0 Å². The molecule has 0 unspecified atom stereocenters. The highest BCUT2D eigenvalue weighted by atomic mass is 19.4. The molecule has 0 aliphatic heterocycles. The Balaban J connectivity index is 2.87. The van der Waals surface area contributed by atoms with Gasteiger partial charge in [-0.15, -0.1) is 0 Å². The molecule has 1 aromatic heterocycles. The van der Waals surface area contributed by atoms with Crippen molar-refractivity contribution < 1.29 is 32.0 Å². The first kappa shape index (κ1) is 17.7. The molecule has 0 spiro atoms. The van der Waals surface area contributed by atoms with Crippen LogP contribution < -0.4 is 5.32 Å². The van der Waals surface area contributed by atoms with E-state index in [0.29, 0.717) is 12.4 Å². The summed E-state index contributed by atoms with van der Waals surface area (Å²) in [5.74, 6) is -3.42. The molecule has 0 bridgehead atoms. The Morgan fingerprint density at radius 3 is 2.45 bits per heavy atom. The monoisotopic (exact) mass is 320 g/mol. The van der Waals surface area contributed by atoms with Crippen LogP contribution in [-0.4, -0.2) is 42.1 Å². The van der Waals surface area contributed by atoms with Gasteiger partial charge in [0.2, 0.25) is 11.7 Å². The Morgan fingerprint density at radius 1 is 1.36 bits per heavy atom. The van der Waals surface area contributed by atoms with E-state index in [-0.39, 0.29) is 6.04 Å². The number of halogens is 3. The Hall–Kier alpha value is -2.32. The average Bonchev–Trinajstić information content (AvgIpc) is 2.85. The standard InChI is InChI=1S/C13H15F3N2O4/c1-8(2)17-11(20)7-18(5-6-19)12(21)9-3-4-10(22-9)13(14,15)16/h3-4,6,8H,5,7H2,1-2H3,(H,17,20). The molecule has 1 N–H and O–H groups in total.